The minimum Gasteiger partial charge on any atom is -0.351 e. The molecular formula is C14H17F3N4OS. The molecule has 2 heterocycles. The number of amides is 1. The van der Waals surface area contributed by atoms with E-state index in [0.717, 1.165) is 34.9 Å². The first-order chi connectivity index (χ1) is 10.8. The number of hydrogen-bond acceptors (Lipinski definition) is 4. The number of halogens is 3. The Balaban J connectivity index is 2.09. The van der Waals surface area contributed by atoms with E-state index in [1.165, 1.54) is 7.05 Å². The molecule has 9 heteroatoms. The van der Waals surface area contributed by atoms with E-state index in [9.17, 15) is 18.0 Å². The maximum atomic E-state index is 12.8. The monoisotopic (exact) mass is 346 g/mol. The lowest BCUT2D eigenvalue weighted by Crippen LogP contribution is -2.23. The molecule has 2 rings (SSSR count). The number of thiophene rings is 1. The van der Waals surface area contributed by atoms with Gasteiger partial charge in [-0.15, -0.1) is 11.3 Å². The van der Waals surface area contributed by atoms with Gasteiger partial charge in [0, 0.05) is 13.6 Å². The molecule has 0 aliphatic carbocycles. The summed E-state index contributed by atoms with van der Waals surface area (Å²) in [7, 11) is 1.24. The number of carbonyl (C=O) groups is 1. The molecule has 0 spiro atoms. The second-order valence-corrected chi connectivity index (χ2v) is 6.04. The molecule has 0 saturated heterocycles. The average Bonchev–Trinajstić information content (AvgIpc) is 3.09. The van der Waals surface area contributed by atoms with Crippen molar-refractivity contribution in [3.8, 4) is 10.6 Å². The fourth-order valence-corrected chi connectivity index (χ4v) is 2.89. The molecule has 0 bridgehead atoms. The van der Waals surface area contributed by atoms with E-state index >= 15 is 0 Å². The van der Waals surface area contributed by atoms with Crippen LogP contribution in [0, 0.1) is 0 Å². The van der Waals surface area contributed by atoms with Crippen LogP contribution in [0.4, 0.5) is 13.2 Å². The Labute approximate surface area is 135 Å². The highest BCUT2D eigenvalue weighted by Crippen LogP contribution is 2.34. The number of nitrogens with zero attached hydrogens (tertiary/aromatic N) is 2. The molecule has 0 aliphatic rings. The van der Waals surface area contributed by atoms with Crippen molar-refractivity contribution in [2.24, 2.45) is 12.8 Å². The summed E-state index contributed by atoms with van der Waals surface area (Å²) in [6, 6.07) is 4.16. The molecule has 2 aromatic rings. The molecule has 0 atom stereocenters. The van der Waals surface area contributed by atoms with Crippen molar-refractivity contribution >= 4 is 17.2 Å². The molecule has 0 saturated carbocycles. The van der Waals surface area contributed by atoms with Crippen molar-refractivity contribution in [3.05, 3.63) is 28.8 Å². The lowest BCUT2D eigenvalue weighted by molar-refractivity contribution is -0.143. The topological polar surface area (TPSA) is 72.9 Å². The number of nitrogens with one attached hydrogen (secondary N) is 1. The molecule has 0 fully saturated rings. The zero-order chi connectivity index (χ0) is 17.0. The van der Waals surface area contributed by atoms with Crippen molar-refractivity contribution in [1.82, 2.24) is 15.1 Å². The van der Waals surface area contributed by atoms with Gasteiger partial charge in [0.05, 0.1) is 9.75 Å². The molecule has 0 aromatic carbocycles. The van der Waals surface area contributed by atoms with Gasteiger partial charge < -0.3 is 11.1 Å². The highest BCUT2D eigenvalue weighted by atomic mass is 32.1. The van der Waals surface area contributed by atoms with E-state index in [0.29, 0.717) is 22.8 Å². The quantitative estimate of drug-likeness (QED) is 0.790. The predicted octanol–water partition coefficient (Wildman–Crippen LogP) is 2.64. The second-order valence-electron chi connectivity index (χ2n) is 4.95. The van der Waals surface area contributed by atoms with Gasteiger partial charge in [-0.3, -0.25) is 9.48 Å². The van der Waals surface area contributed by atoms with Crippen LogP contribution in [-0.2, 0) is 13.2 Å². The summed E-state index contributed by atoms with van der Waals surface area (Å²) in [5, 5.41) is 6.62. The number of nitrogens with two attached hydrogens (primary N) is 1. The number of alkyl halides is 3. The number of hydrogen-bond donors (Lipinski definition) is 2. The summed E-state index contributed by atoms with van der Waals surface area (Å²) < 4.78 is 39.1. The molecule has 5 nitrogen and oxygen atoms in total. The Hall–Kier alpha value is -1.87. The summed E-state index contributed by atoms with van der Waals surface area (Å²) in [5.74, 6) is -0.245. The van der Waals surface area contributed by atoms with E-state index < -0.39 is 11.9 Å². The first-order valence-electron chi connectivity index (χ1n) is 7.02. The Kier molecular flexibility index (Phi) is 5.42. The van der Waals surface area contributed by atoms with Gasteiger partial charge in [-0.25, -0.2) is 0 Å². The lowest BCUT2D eigenvalue weighted by Gasteiger charge is -2.04. The van der Waals surface area contributed by atoms with Crippen LogP contribution in [0.5, 0.6) is 0 Å². The van der Waals surface area contributed by atoms with E-state index in [4.69, 9.17) is 5.73 Å². The first-order valence-corrected chi connectivity index (χ1v) is 7.84. The van der Waals surface area contributed by atoms with Crippen LogP contribution in [0.3, 0.4) is 0 Å². The molecule has 0 aliphatic heterocycles. The SMILES string of the molecule is Cn1nc(-c2ccc(C(=O)NCCCCN)s2)cc1C(F)(F)F. The van der Waals surface area contributed by atoms with Gasteiger partial charge in [0.25, 0.3) is 5.91 Å². The summed E-state index contributed by atoms with van der Waals surface area (Å²) in [6.07, 6.45) is -2.85. The summed E-state index contributed by atoms with van der Waals surface area (Å²) >= 11 is 1.11. The number of unbranched alkanes of at least 4 members (excludes halogenated alkanes) is 1. The normalized spacial score (nSPS) is 11.7. The molecule has 23 heavy (non-hydrogen) atoms. The Morgan fingerprint density at radius 3 is 2.74 bits per heavy atom. The van der Waals surface area contributed by atoms with Gasteiger partial charge >= 0.3 is 6.18 Å². The van der Waals surface area contributed by atoms with E-state index in [1.54, 1.807) is 12.1 Å². The van der Waals surface area contributed by atoms with Crippen molar-refractivity contribution in [2.75, 3.05) is 13.1 Å². The molecule has 0 radical (unpaired) electrons. The van der Waals surface area contributed by atoms with Crippen LogP contribution in [0.2, 0.25) is 0 Å². The van der Waals surface area contributed by atoms with E-state index in [-0.39, 0.29) is 11.6 Å². The zero-order valence-corrected chi connectivity index (χ0v) is 13.3. The zero-order valence-electron chi connectivity index (χ0n) is 12.5. The van der Waals surface area contributed by atoms with Gasteiger partial charge in [0.2, 0.25) is 0 Å². The van der Waals surface area contributed by atoms with Gasteiger partial charge in [-0.05, 0) is 37.6 Å². The van der Waals surface area contributed by atoms with E-state index in [2.05, 4.69) is 10.4 Å². The van der Waals surface area contributed by atoms with Crippen molar-refractivity contribution in [2.45, 2.75) is 19.0 Å². The van der Waals surface area contributed by atoms with Crippen molar-refractivity contribution in [1.29, 1.82) is 0 Å². The molecule has 0 unspecified atom stereocenters. The van der Waals surface area contributed by atoms with Crippen LogP contribution < -0.4 is 11.1 Å². The number of aromatic nitrogens is 2. The van der Waals surface area contributed by atoms with Crippen molar-refractivity contribution < 1.29 is 18.0 Å². The molecule has 1 amide bonds. The number of rotatable bonds is 6. The van der Waals surface area contributed by atoms with Crippen LogP contribution in [-0.4, -0.2) is 28.8 Å². The maximum absolute atomic E-state index is 12.8. The summed E-state index contributed by atoms with van der Waals surface area (Å²) in [4.78, 5) is 12.9. The third kappa shape index (κ3) is 4.32. The lowest BCUT2D eigenvalue weighted by atomic mass is 10.3. The number of carbonyl (C=O) groups excluding carboxylic acids is 1. The van der Waals surface area contributed by atoms with Gasteiger partial charge in [-0.2, -0.15) is 18.3 Å². The van der Waals surface area contributed by atoms with Gasteiger partial charge in [-0.1, -0.05) is 0 Å². The first kappa shape index (κ1) is 17.5. The average molecular weight is 346 g/mol. The highest BCUT2D eigenvalue weighted by molar-refractivity contribution is 7.17. The highest BCUT2D eigenvalue weighted by Gasteiger charge is 2.35. The smallest absolute Gasteiger partial charge is 0.351 e. The van der Waals surface area contributed by atoms with Crippen LogP contribution in [0.1, 0.15) is 28.2 Å². The fourth-order valence-electron chi connectivity index (χ4n) is 2.01. The predicted molar refractivity (Wildman–Crippen MR) is 82.1 cm³/mol. The van der Waals surface area contributed by atoms with Crippen LogP contribution in [0.25, 0.3) is 10.6 Å². The van der Waals surface area contributed by atoms with Crippen molar-refractivity contribution in [3.63, 3.8) is 0 Å². The summed E-state index contributed by atoms with van der Waals surface area (Å²) in [5.41, 5.74) is 4.74. The molecule has 2 aromatic heterocycles. The fraction of sp³-hybridized carbons (Fsp3) is 0.429. The maximum Gasteiger partial charge on any atom is 0.433 e. The molecule has 3 N–H and O–H groups in total. The van der Waals surface area contributed by atoms with Gasteiger partial charge in [0.15, 0.2) is 0 Å². The Bertz CT molecular complexity index is 678. The van der Waals surface area contributed by atoms with Gasteiger partial charge in [0.1, 0.15) is 11.4 Å². The standard InChI is InChI=1S/C14H17F3N4OS/c1-21-12(14(15,16)17)8-9(20-21)10-4-5-11(23-10)13(22)19-7-3-2-6-18/h4-5,8H,2-3,6-7,18H2,1H3,(H,19,22). The minimum atomic E-state index is -4.46. The molecule has 126 valence electrons. The largest absolute Gasteiger partial charge is 0.433 e. The molecular weight excluding hydrogens is 329 g/mol. The van der Waals surface area contributed by atoms with Crippen LogP contribution in [0.15, 0.2) is 18.2 Å². The second kappa shape index (κ2) is 7.14. The third-order valence-corrected chi connectivity index (χ3v) is 4.28. The number of aryl methyl sites for hydroxylation is 1. The Morgan fingerprint density at radius 1 is 1.39 bits per heavy atom. The van der Waals surface area contributed by atoms with E-state index in [1.807, 2.05) is 0 Å². The minimum absolute atomic E-state index is 0.201. The van der Waals surface area contributed by atoms with Crippen LogP contribution >= 0.6 is 11.3 Å². The Morgan fingerprint density at radius 2 is 2.13 bits per heavy atom. The summed E-state index contributed by atoms with van der Waals surface area (Å²) in [6.45, 7) is 1.09. The third-order valence-electron chi connectivity index (χ3n) is 3.17.